The molecule has 3 N–H and O–H groups in total. The predicted molar refractivity (Wildman–Crippen MR) is 86.7 cm³/mol. The maximum atomic E-state index is 11.9. The average molecular weight is 307 g/mol. The minimum atomic E-state index is 0.0970. The highest BCUT2D eigenvalue weighted by atomic mass is 32.2. The van der Waals surface area contributed by atoms with Crippen LogP contribution in [0.2, 0.25) is 0 Å². The molecule has 0 amide bonds. The lowest BCUT2D eigenvalue weighted by molar-refractivity contribution is 0.0992. The van der Waals surface area contributed by atoms with Crippen LogP contribution in [0.25, 0.3) is 0 Å². The molecule has 2 rings (SSSR count). The number of nitrogens with two attached hydrogens (primary N) is 1. The van der Waals surface area contributed by atoms with Gasteiger partial charge in [-0.05, 0) is 24.0 Å². The van der Waals surface area contributed by atoms with Crippen LogP contribution in [0.4, 0.5) is 10.7 Å². The van der Waals surface area contributed by atoms with Crippen LogP contribution in [0.3, 0.4) is 0 Å². The summed E-state index contributed by atoms with van der Waals surface area (Å²) < 4.78 is 0. The van der Waals surface area contributed by atoms with Gasteiger partial charge in [0.1, 0.15) is 5.00 Å². The van der Waals surface area contributed by atoms with E-state index in [2.05, 4.69) is 10.3 Å². The number of carbonyl (C=O) groups is 1. The number of nitrogens with one attached hydrogen (secondary N) is 1. The van der Waals surface area contributed by atoms with Crippen molar-refractivity contribution < 1.29 is 4.79 Å². The molecule has 4 nitrogen and oxygen atoms in total. The number of aromatic nitrogens is 1. The van der Waals surface area contributed by atoms with Gasteiger partial charge in [-0.3, -0.25) is 9.78 Å². The minimum absolute atomic E-state index is 0.0970. The summed E-state index contributed by atoms with van der Waals surface area (Å²) in [5.41, 5.74) is 7.82. The van der Waals surface area contributed by atoms with E-state index in [0.717, 1.165) is 15.5 Å². The van der Waals surface area contributed by atoms with Crippen LogP contribution in [-0.2, 0) is 6.54 Å². The summed E-state index contributed by atoms with van der Waals surface area (Å²) in [7, 11) is 0. The maximum absolute atomic E-state index is 11.9. The lowest BCUT2D eigenvalue weighted by Gasteiger charge is -2.06. The molecule has 2 heterocycles. The van der Waals surface area contributed by atoms with Gasteiger partial charge in [0.05, 0.1) is 15.5 Å². The number of thiophene rings is 1. The molecule has 6 heteroatoms. The first kappa shape index (κ1) is 14.9. The van der Waals surface area contributed by atoms with Crippen LogP contribution < -0.4 is 11.1 Å². The van der Waals surface area contributed by atoms with Crippen LogP contribution in [-0.4, -0.2) is 17.0 Å². The van der Waals surface area contributed by atoms with Gasteiger partial charge in [-0.1, -0.05) is 6.92 Å². The number of anilines is 2. The molecule has 0 spiro atoms. The van der Waals surface area contributed by atoms with Crippen molar-refractivity contribution in [3.05, 3.63) is 35.0 Å². The van der Waals surface area contributed by atoms with E-state index in [1.807, 2.05) is 25.3 Å². The molecule has 0 aromatic carbocycles. The van der Waals surface area contributed by atoms with Gasteiger partial charge >= 0.3 is 0 Å². The van der Waals surface area contributed by atoms with Crippen molar-refractivity contribution in [2.45, 2.75) is 24.8 Å². The molecule has 0 radical (unpaired) electrons. The molecule has 0 unspecified atom stereocenters. The topological polar surface area (TPSA) is 68.0 Å². The van der Waals surface area contributed by atoms with Gasteiger partial charge in [0.25, 0.3) is 0 Å². The van der Waals surface area contributed by atoms with Crippen molar-refractivity contribution in [2.75, 3.05) is 17.3 Å². The van der Waals surface area contributed by atoms with Gasteiger partial charge in [0.2, 0.25) is 0 Å². The van der Waals surface area contributed by atoms with Crippen LogP contribution >= 0.6 is 23.1 Å². The number of hydrogen-bond donors (Lipinski definition) is 2. The highest BCUT2D eigenvalue weighted by Gasteiger charge is 2.19. The van der Waals surface area contributed by atoms with Gasteiger partial charge in [0.15, 0.2) is 5.78 Å². The lowest BCUT2D eigenvalue weighted by atomic mass is 10.2. The smallest absolute Gasteiger partial charge is 0.174 e. The Labute approximate surface area is 126 Å². The van der Waals surface area contributed by atoms with Crippen molar-refractivity contribution in [1.29, 1.82) is 0 Å². The third-order valence-electron chi connectivity index (χ3n) is 2.88. The summed E-state index contributed by atoms with van der Waals surface area (Å²) in [5, 5.41) is 4.32. The average Bonchev–Trinajstić information content (AvgIpc) is 2.81. The van der Waals surface area contributed by atoms with Crippen molar-refractivity contribution in [1.82, 2.24) is 4.98 Å². The van der Waals surface area contributed by atoms with E-state index in [1.165, 1.54) is 11.3 Å². The second-order valence-electron chi connectivity index (χ2n) is 4.19. The van der Waals surface area contributed by atoms with Gasteiger partial charge in [-0.25, -0.2) is 0 Å². The largest absolute Gasteiger partial charge is 0.396 e. The van der Waals surface area contributed by atoms with E-state index < -0.39 is 0 Å². The number of nitrogens with zero attached hydrogens (tertiary/aromatic N) is 1. The Bertz CT molecular complexity index is 596. The fraction of sp³-hybridized carbons (Fsp3) is 0.286. The summed E-state index contributed by atoms with van der Waals surface area (Å²) in [6, 6.07) is 3.92. The van der Waals surface area contributed by atoms with Crippen LogP contribution in [0, 0.1) is 0 Å². The molecule has 106 valence electrons. The second kappa shape index (κ2) is 6.76. The molecular formula is C14H17N3OS2. The zero-order valence-electron chi connectivity index (χ0n) is 11.5. The molecular weight excluding hydrogens is 290 g/mol. The van der Waals surface area contributed by atoms with Crippen LogP contribution in [0.5, 0.6) is 0 Å². The molecule has 20 heavy (non-hydrogen) atoms. The first-order valence-corrected chi connectivity index (χ1v) is 8.33. The lowest BCUT2D eigenvalue weighted by Crippen LogP contribution is -1.99. The molecule has 0 aliphatic heterocycles. The van der Waals surface area contributed by atoms with Gasteiger partial charge in [0, 0.05) is 25.4 Å². The fourth-order valence-corrected chi connectivity index (χ4v) is 3.84. The second-order valence-corrected chi connectivity index (χ2v) is 6.03. The summed E-state index contributed by atoms with van der Waals surface area (Å²) in [4.78, 5) is 17.5. The number of pyridine rings is 1. The zero-order valence-corrected chi connectivity index (χ0v) is 13.1. The van der Waals surface area contributed by atoms with E-state index in [1.54, 1.807) is 24.2 Å². The third kappa shape index (κ3) is 3.13. The number of nitrogen functional groups attached to an aromatic ring is 1. The minimum Gasteiger partial charge on any atom is -0.396 e. The number of hydrogen-bond acceptors (Lipinski definition) is 6. The number of rotatable bonds is 6. The Morgan fingerprint density at radius 3 is 2.75 bits per heavy atom. The summed E-state index contributed by atoms with van der Waals surface area (Å²) in [6.45, 7) is 2.54. The Kier molecular flexibility index (Phi) is 5.03. The standard InChI is InChI=1S/C14H17N3OS2/c1-3-10(18)12-11(15)13(19-2)14(20-12)17-8-9-4-6-16-7-5-9/h4-7,17H,3,8,15H2,1-2H3. The van der Waals surface area contributed by atoms with Crippen molar-refractivity contribution in [3.8, 4) is 0 Å². The van der Waals surface area contributed by atoms with Crippen LogP contribution in [0.15, 0.2) is 29.4 Å². The summed E-state index contributed by atoms with van der Waals surface area (Å²) in [5.74, 6) is 0.0970. The van der Waals surface area contributed by atoms with Gasteiger partial charge < -0.3 is 11.1 Å². The van der Waals surface area contributed by atoms with E-state index in [0.29, 0.717) is 23.5 Å². The fourth-order valence-electron chi connectivity index (χ4n) is 1.80. The third-order valence-corrected chi connectivity index (χ3v) is 5.05. The first-order valence-electron chi connectivity index (χ1n) is 6.29. The zero-order chi connectivity index (χ0) is 14.5. The molecule has 0 aliphatic rings. The van der Waals surface area contributed by atoms with E-state index >= 15 is 0 Å². The molecule has 0 saturated carbocycles. The number of thioether (sulfide) groups is 1. The Morgan fingerprint density at radius 2 is 2.15 bits per heavy atom. The number of Topliss-reactive ketones (excluding diaryl/α,β-unsaturated/α-hetero) is 1. The number of ketones is 1. The van der Waals surface area contributed by atoms with Gasteiger partial charge in [-0.2, -0.15) is 0 Å². The molecule has 0 saturated heterocycles. The van der Waals surface area contributed by atoms with E-state index in [9.17, 15) is 4.79 Å². The molecule has 0 bridgehead atoms. The Balaban J connectivity index is 2.21. The van der Waals surface area contributed by atoms with Crippen molar-refractivity contribution in [2.24, 2.45) is 0 Å². The maximum Gasteiger partial charge on any atom is 0.174 e. The normalized spacial score (nSPS) is 10.5. The quantitative estimate of drug-likeness (QED) is 0.630. The SMILES string of the molecule is CCC(=O)c1sc(NCc2ccncc2)c(SC)c1N. The van der Waals surface area contributed by atoms with Gasteiger partial charge in [-0.15, -0.1) is 23.1 Å². The molecule has 2 aromatic rings. The highest BCUT2D eigenvalue weighted by Crippen LogP contribution is 2.42. The number of carbonyl (C=O) groups excluding carboxylic acids is 1. The summed E-state index contributed by atoms with van der Waals surface area (Å²) in [6.07, 6.45) is 5.97. The molecule has 0 atom stereocenters. The van der Waals surface area contributed by atoms with E-state index in [-0.39, 0.29) is 5.78 Å². The van der Waals surface area contributed by atoms with Crippen molar-refractivity contribution >= 4 is 39.6 Å². The molecule has 2 aromatic heterocycles. The molecule has 0 aliphatic carbocycles. The summed E-state index contributed by atoms with van der Waals surface area (Å²) >= 11 is 3.00. The van der Waals surface area contributed by atoms with E-state index in [4.69, 9.17) is 5.73 Å². The molecule has 0 fully saturated rings. The van der Waals surface area contributed by atoms with Crippen LogP contribution in [0.1, 0.15) is 28.6 Å². The first-order chi connectivity index (χ1) is 9.67. The van der Waals surface area contributed by atoms with Crippen molar-refractivity contribution in [3.63, 3.8) is 0 Å². The monoisotopic (exact) mass is 307 g/mol. The predicted octanol–water partition coefficient (Wildman–Crippen LogP) is 3.65. The highest BCUT2D eigenvalue weighted by molar-refractivity contribution is 7.99. The Morgan fingerprint density at radius 1 is 1.45 bits per heavy atom. The Hall–Kier alpha value is -1.53.